The predicted octanol–water partition coefficient (Wildman–Crippen LogP) is 3.56. The molecule has 0 unspecified atom stereocenters. The third-order valence-electron chi connectivity index (χ3n) is 5.14. The fourth-order valence-electron chi connectivity index (χ4n) is 3.64. The van der Waals surface area contributed by atoms with E-state index in [0.717, 1.165) is 31.2 Å². The molecule has 8 heteroatoms. The molecule has 29 heavy (non-hydrogen) atoms. The van der Waals surface area contributed by atoms with E-state index < -0.39 is 5.60 Å². The maximum atomic E-state index is 12.7. The number of hydrogen-bond donors (Lipinski definition) is 1. The van der Waals surface area contributed by atoms with Crippen LogP contribution in [0.15, 0.2) is 0 Å². The average molecular weight is 425 g/mol. The molecule has 0 bridgehead atoms. The Morgan fingerprint density at radius 3 is 2.45 bits per heavy atom. The van der Waals surface area contributed by atoms with Crippen LogP contribution in [-0.2, 0) is 20.7 Å². The number of nitrogen functional groups attached to an aromatic ring is 1. The molecular formula is C21H33ClN4O3. The Labute approximate surface area is 178 Å². The molecule has 1 amide bonds. The number of hydrogen-bond acceptors (Lipinski definition) is 6. The van der Waals surface area contributed by atoms with E-state index in [9.17, 15) is 9.59 Å². The van der Waals surface area contributed by atoms with Gasteiger partial charge in [0, 0.05) is 24.6 Å². The van der Waals surface area contributed by atoms with Crippen LogP contribution < -0.4 is 5.73 Å². The number of amides is 1. The van der Waals surface area contributed by atoms with Crippen LogP contribution >= 0.6 is 11.6 Å². The first-order valence-corrected chi connectivity index (χ1v) is 10.6. The van der Waals surface area contributed by atoms with Gasteiger partial charge < -0.3 is 15.4 Å². The van der Waals surface area contributed by atoms with E-state index in [4.69, 9.17) is 22.1 Å². The highest BCUT2D eigenvalue weighted by atomic mass is 35.5. The number of ether oxygens (including phenoxy) is 1. The number of piperidine rings is 1. The Morgan fingerprint density at radius 1 is 1.28 bits per heavy atom. The zero-order valence-corrected chi connectivity index (χ0v) is 18.9. The molecule has 1 aromatic rings. The first-order chi connectivity index (χ1) is 13.5. The Morgan fingerprint density at radius 2 is 1.90 bits per heavy atom. The van der Waals surface area contributed by atoms with E-state index >= 15 is 0 Å². The first kappa shape index (κ1) is 23.4. The summed E-state index contributed by atoms with van der Waals surface area (Å²) in [4.78, 5) is 34.9. The highest BCUT2D eigenvalue weighted by Crippen LogP contribution is 2.27. The zero-order valence-electron chi connectivity index (χ0n) is 18.1. The van der Waals surface area contributed by atoms with Crippen molar-refractivity contribution in [1.82, 2.24) is 14.9 Å². The Kier molecular flexibility index (Phi) is 7.86. The van der Waals surface area contributed by atoms with Gasteiger partial charge in [0.05, 0.1) is 6.42 Å². The second-order valence-corrected chi connectivity index (χ2v) is 9.28. The van der Waals surface area contributed by atoms with Crippen molar-refractivity contribution >= 4 is 29.3 Å². The molecule has 0 aromatic carbocycles. The van der Waals surface area contributed by atoms with Crippen LogP contribution in [0, 0.1) is 18.8 Å². The molecule has 2 heterocycles. The summed E-state index contributed by atoms with van der Waals surface area (Å²) in [5.41, 5.74) is 6.26. The van der Waals surface area contributed by atoms with Crippen molar-refractivity contribution < 1.29 is 14.3 Å². The molecule has 2 N–H and O–H groups in total. The smallest absolute Gasteiger partial charge is 0.307 e. The molecule has 162 valence electrons. The quantitative estimate of drug-likeness (QED) is 0.553. The van der Waals surface area contributed by atoms with E-state index in [0.29, 0.717) is 35.8 Å². The lowest BCUT2D eigenvalue weighted by molar-refractivity contribution is -0.158. The molecule has 0 saturated carbocycles. The van der Waals surface area contributed by atoms with Crippen molar-refractivity contribution in [2.75, 3.05) is 18.8 Å². The summed E-state index contributed by atoms with van der Waals surface area (Å²) in [5.74, 6) is 0.841. The monoisotopic (exact) mass is 424 g/mol. The van der Waals surface area contributed by atoms with E-state index in [1.807, 2.05) is 25.7 Å². The van der Waals surface area contributed by atoms with Gasteiger partial charge in [-0.3, -0.25) is 9.59 Å². The van der Waals surface area contributed by atoms with E-state index in [1.54, 1.807) is 13.8 Å². The van der Waals surface area contributed by atoms with Gasteiger partial charge in [0.2, 0.25) is 5.91 Å². The van der Waals surface area contributed by atoms with Crippen LogP contribution in [0.2, 0.25) is 5.15 Å². The van der Waals surface area contributed by atoms with Crippen molar-refractivity contribution in [3.63, 3.8) is 0 Å². The number of carbonyl (C=O) groups excluding carboxylic acids is 2. The fourth-order valence-corrected chi connectivity index (χ4v) is 3.95. The van der Waals surface area contributed by atoms with E-state index in [2.05, 4.69) is 9.97 Å². The maximum Gasteiger partial charge on any atom is 0.307 e. The minimum absolute atomic E-state index is 0.0218. The van der Waals surface area contributed by atoms with Crippen LogP contribution in [-0.4, -0.2) is 45.4 Å². The van der Waals surface area contributed by atoms with Gasteiger partial charge >= 0.3 is 5.97 Å². The molecule has 1 aliphatic rings. The molecule has 7 nitrogen and oxygen atoms in total. The highest BCUT2D eigenvalue weighted by molar-refractivity contribution is 6.30. The Balaban J connectivity index is 1.80. The molecule has 1 aliphatic heterocycles. The van der Waals surface area contributed by atoms with Crippen molar-refractivity contribution in [1.29, 1.82) is 0 Å². The van der Waals surface area contributed by atoms with Gasteiger partial charge in [-0.05, 0) is 59.3 Å². The Hall–Kier alpha value is -1.89. The largest absolute Gasteiger partial charge is 0.460 e. The highest BCUT2D eigenvalue weighted by Gasteiger charge is 2.28. The van der Waals surface area contributed by atoms with Crippen molar-refractivity contribution in [2.45, 2.75) is 72.3 Å². The van der Waals surface area contributed by atoms with Gasteiger partial charge in [-0.25, -0.2) is 9.97 Å². The van der Waals surface area contributed by atoms with Gasteiger partial charge in [-0.15, -0.1) is 0 Å². The molecule has 1 fully saturated rings. The van der Waals surface area contributed by atoms with Gasteiger partial charge in [-0.2, -0.15) is 0 Å². The summed E-state index contributed by atoms with van der Waals surface area (Å²) >= 11 is 6.21. The van der Waals surface area contributed by atoms with Gasteiger partial charge in [0.25, 0.3) is 0 Å². The summed E-state index contributed by atoms with van der Waals surface area (Å²) < 4.78 is 5.32. The number of likely N-dealkylation sites (tertiary alicyclic amines) is 1. The molecule has 2 rings (SSSR count). The number of nitrogens with zero attached hydrogens (tertiary/aromatic N) is 3. The standard InChI is InChI=1S/C21H33ClN4O3/c1-13(12-17(27)29-21(3,4)5)20(28)26-10-8-15(9-11-26)6-7-16-18(22)24-14(2)25-19(16)23/h13,15H,6-12H2,1-5H3,(H2,23,24,25)/t13-/m1/s1. The normalized spacial score (nSPS) is 16.6. The van der Waals surface area contributed by atoms with Crippen molar-refractivity contribution in [3.8, 4) is 0 Å². The van der Waals surface area contributed by atoms with Crippen LogP contribution in [0.5, 0.6) is 0 Å². The number of esters is 1. The topological polar surface area (TPSA) is 98.4 Å². The predicted molar refractivity (Wildman–Crippen MR) is 113 cm³/mol. The molecule has 1 aromatic heterocycles. The number of aromatic nitrogens is 2. The summed E-state index contributed by atoms with van der Waals surface area (Å²) in [6.45, 7) is 10.4. The molecule has 0 aliphatic carbocycles. The van der Waals surface area contributed by atoms with Crippen molar-refractivity contribution in [2.24, 2.45) is 11.8 Å². The van der Waals surface area contributed by atoms with Crippen LogP contribution in [0.1, 0.15) is 64.8 Å². The fraction of sp³-hybridized carbons (Fsp3) is 0.714. The lowest BCUT2D eigenvalue weighted by Crippen LogP contribution is -2.42. The lowest BCUT2D eigenvalue weighted by Gasteiger charge is -2.33. The van der Waals surface area contributed by atoms with Gasteiger partial charge in [0.15, 0.2) is 0 Å². The molecule has 0 radical (unpaired) electrons. The summed E-state index contributed by atoms with van der Waals surface area (Å²) in [7, 11) is 0. The van der Waals surface area contributed by atoms with Gasteiger partial charge in [0.1, 0.15) is 22.4 Å². The SMILES string of the molecule is Cc1nc(N)c(CCC2CCN(C(=O)[C@H](C)CC(=O)OC(C)(C)C)CC2)c(Cl)n1. The third kappa shape index (κ3) is 7.14. The van der Waals surface area contributed by atoms with Crippen molar-refractivity contribution in [3.05, 3.63) is 16.5 Å². The Bertz CT molecular complexity index is 717. The van der Waals surface area contributed by atoms with E-state index in [-0.39, 0.29) is 24.2 Å². The van der Waals surface area contributed by atoms with Crippen LogP contribution in [0.4, 0.5) is 5.82 Å². The lowest BCUT2D eigenvalue weighted by atomic mass is 9.90. The summed E-state index contributed by atoms with van der Waals surface area (Å²) in [6.07, 6.45) is 3.63. The molecular weight excluding hydrogens is 392 g/mol. The number of rotatable bonds is 6. The van der Waals surface area contributed by atoms with E-state index in [1.165, 1.54) is 0 Å². The summed E-state index contributed by atoms with van der Waals surface area (Å²) in [5, 5.41) is 0.429. The second-order valence-electron chi connectivity index (χ2n) is 8.92. The maximum absolute atomic E-state index is 12.7. The van der Waals surface area contributed by atoms with Crippen LogP contribution in [0.3, 0.4) is 0 Å². The average Bonchev–Trinajstić information content (AvgIpc) is 2.59. The number of nitrogens with two attached hydrogens (primary N) is 1. The number of anilines is 1. The zero-order chi connectivity index (χ0) is 21.8. The minimum Gasteiger partial charge on any atom is -0.460 e. The second kappa shape index (κ2) is 9.74. The molecule has 0 spiro atoms. The third-order valence-corrected chi connectivity index (χ3v) is 5.46. The first-order valence-electron chi connectivity index (χ1n) is 10.3. The minimum atomic E-state index is -0.535. The summed E-state index contributed by atoms with van der Waals surface area (Å²) in [6, 6.07) is 0. The number of halogens is 1. The molecule has 1 atom stereocenters. The number of aryl methyl sites for hydroxylation is 1. The number of carbonyl (C=O) groups is 2. The van der Waals surface area contributed by atoms with Crippen LogP contribution in [0.25, 0.3) is 0 Å². The molecule has 1 saturated heterocycles. The van der Waals surface area contributed by atoms with Gasteiger partial charge in [-0.1, -0.05) is 18.5 Å².